The van der Waals surface area contributed by atoms with E-state index in [1.54, 1.807) is 42.2 Å². The van der Waals surface area contributed by atoms with Gasteiger partial charge < -0.3 is 15.0 Å². The summed E-state index contributed by atoms with van der Waals surface area (Å²) in [5.74, 6) is 0.549. The number of hydrogen-bond acceptors (Lipinski definition) is 4. The van der Waals surface area contributed by atoms with Crippen molar-refractivity contribution in [3.05, 3.63) is 72.2 Å². The summed E-state index contributed by atoms with van der Waals surface area (Å²) >= 11 is 0. The van der Waals surface area contributed by atoms with Gasteiger partial charge in [-0.2, -0.15) is 5.10 Å². The van der Waals surface area contributed by atoms with Crippen LogP contribution in [0.25, 0.3) is 5.69 Å². The highest BCUT2D eigenvalue weighted by molar-refractivity contribution is 5.73. The Labute approximate surface area is 152 Å². The van der Waals surface area contributed by atoms with Gasteiger partial charge in [0.1, 0.15) is 0 Å². The summed E-state index contributed by atoms with van der Waals surface area (Å²) < 4.78 is 6.81. The first-order valence-corrected chi connectivity index (χ1v) is 8.22. The lowest BCUT2D eigenvalue weighted by atomic mass is 10.3. The van der Waals surface area contributed by atoms with Crippen LogP contribution in [0.3, 0.4) is 0 Å². The fourth-order valence-electron chi connectivity index (χ4n) is 2.46. The Kier molecular flexibility index (Phi) is 5.48. The van der Waals surface area contributed by atoms with Crippen molar-refractivity contribution in [2.45, 2.75) is 13.1 Å². The van der Waals surface area contributed by atoms with Crippen LogP contribution in [0, 0.1) is 0 Å². The summed E-state index contributed by atoms with van der Waals surface area (Å²) in [5, 5.41) is 7.22. The van der Waals surface area contributed by atoms with E-state index in [2.05, 4.69) is 15.4 Å². The van der Waals surface area contributed by atoms with Crippen LogP contribution in [0.1, 0.15) is 11.1 Å². The Morgan fingerprint density at radius 2 is 1.96 bits per heavy atom. The lowest BCUT2D eigenvalue weighted by molar-refractivity contribution is 0.206. The zero-order valence-electron chi connectivity index (χ0n) is 14.8. The van der Waals surface area contributed by atoms with E-state index in [1.807, 2.05) is 42.6 Å². The van der Waals surface area contributed by atoms with Crippen molar-refractivity contribution < 1.29 is 9.53 Å². The number of carbonyl (C=O) groups is 1. The van der Waals surface area contributed by atoms with Crippen LogP contribution >= 0.6 is 0 Å². The number of rotatable bonds is 6. The molecule has 2 heterocycles. The average molecular weight is 351 g/mol. The first-order chi connectivity index (χ1) is 12.7. The van der Waals surface area contributed by atoms with Crippen molar-refractivity contribution >= 4 is 6.03 Å². The molecule has 0 unspecified atom stereocenters. The molecule has 3 rings (SSSR count). The molecule has 7 heteroatoms. The van der Waals surface area contributed by atoms with Crippen LogP contribution in [0.2, 0.25) is 0 Å². The normalized spacial score (nSPS) is 10.4. The van der Waals surface area contributed by atoms with E-state index < -0.39 is 0 Å². The maximum Gasteiger partial charge on any atom is 0.317 e. The van der Waals surface area contributed by atoms with Crippen molar-refractivity contribution in [1.82, 2.24) is 25.0 Å². The van der Waals surface area contributed by atoms with Crippen LogP contribution in [-0.4, -0.2) is 39.9 Å². The van der Waals surface area contributed by atoms with Crippen LogP contribution in [0.15, 0.2) is 61.1 Å². The van der Waals surface area contributed by atoms with Crippen molar-refractivity contribution in [2.75, 3.05) is 14.2 Å². The molecule has 0 spiro atoms. The molecule has 0 fully saturated rings. The minimum Gasteiger partial charge on any atom is -0.481 e. The third kappa shape index (κ3) is 4.38. The molecule has 0 atom stereocenters. The number of para-hydroxylation sites is 1. The number of methoxy groups -OCH3 is 1. The number of urea groups is 1. The number of carbonyl (C=O) groups excluding carboxylic acids is 1. The van der Waals surface area contributed by atoms with E-state index in [1.165, 1.54) is 0 Å². The Morgan fingerprint density at radius 1 is 1.15 bits per heavy atom. The molecule has 26 heavy (non-hydrogen) atoms. The predicted octanol–water partition coefficient (Wildman–Crippen LogP) is 2.62. The number of pyridine rings is 1. The third-order valence-electron chi connectivity index (χ3n) is 3.87. The van der Waals surface area contributed by atoms with Gasteiger partial charge >= 0.3 is 6.03 Å². The van der Waals surface area contributed by atoms with Crippen LogP contribution in [0.5, 0.6) is 5.88 Å². The molecule has 0 bridgehead atoms. The number of nitrogens with zero attached hydrogens (tertiary/aromatic N) is 4. The van der Waals surface area contributed by atoms with Gasteiger partial charge in [-0.1, -0.05) is 24.3 Å². The fourth-order valence-corrected chi connectivity index (χ4v) is 2.46. The molecule has 2 aromatic heterocycles. The zero-order valence-corrected chi connectivity index (χ0v) is 14.8. The molecule has 0 saturated heterocycles. The van der Waals surface area contributed by atoms with E-state index in [0.29, 0.717) is 19.0 Å². The minimum atomic E-state index is -0.159. The molecule has 7 nitrogen and oxygen atoms in total. The topological polar surface area (TPSA) is 72.3 Å². The van der Waals surface area contributed by atoms with Gasteiger partial charge in [0, 0.05) is 37.6 Å². The second-order valence-electron chi connectivity index (χ2n) is 5.85. The van der Waals surface area contributed by atoms with Gasteiger partial charge in [-0.05, 0) is 17.7 Å². The van der Waals surface area contributed by atoms with Crippen LogP contribution in [0.4, 0.5) is 4.79 Å². The third-order valence-corrected chi connectivity index (χ3v) is 3.87. The number of ether oxygens (including phenoxy) is 1. The number of hydrogen-bond donors (Lipinski definition) is 1. The number of aromatic nitrogens is 3. The van der Waals surface area contributed by atoms with Crippen molar-refractivity contribution in [3.63, 3.8) is 0 Å². The van der Waals surface area contributed by atoms with Gasteiger partial charge in [0.2, 0.25) is 5.88 Å². The molecule has 1 N–H and O–H groups in total. The van der Waals surface area contributed by atoms with Crippen LogP contribution in [-0.2, 0) is 13.1 Å². The SMILES string of the molecule is COc1ccc(CNC(=O)N(C)Cc2cnn(-c3ccccc3)c2)cn1. The number of nitrogens with one attached hydrogen (secondary N) is 1. The maximum absolute atomic E-state index is 12.3. The molecule has 0 saturated carbocycles. The Hall–Kier alpha value is -3.35. The summed E-state index contributed by atoms with van der Waals surface area (Å²) in [6.07, 6.45) is 5.37. The summed E-state index contributed by atoms with van der Waals surface area (Å²) in [7, 11) is 3.32. The van der Waals surface area contributed by atoms with Gasteiger partial charge in [-0.15, -0.1) is 0 Å². The van der Waals surface area contributed by atoms with E-state index >= 15 is 0 Å². The van der Waals surface area contributed by atoms with Gasteiger partial charge in [0.05, 0.1) is 25.5 Å². The fraction of sp³-hybridized carbons (Fsp3) is 0.211. The monoisotopic (exact) mass is 351 g/mol. The molecular formula is C19H21N5O2. The standard InChI is InChI=1S/C19H21N5O2/c1-23(19(25)21-11-15-8-9-18(26-2)20-10-15)13-16-12-22-24(14-16)17-6-4-3-5-7-17/h3-10,12,14H,11,13H2,1-2H3,(H,21,25). The molecule has 0 radical (unpaired) electrons. The second kappa shape index (κ2) is 8.15. The van der Waals surface area contributed by atoms with Crippen LogP contribution < -0.4 is 10.1 Å². The number of benzene rings is 1. The van der Waals surface area contributed by atoms with Gasteiger partial charge in [0.25, 0.3) is 0 Å². The van der Waals surface area contributed by atoms with E-state index in [-0.39, 0.29) is 6.03 Å². The van der Waals surface area contributed by atoms with E-state index in [0.717, 1.165) is 16.8 Å². The van der Waals surface area contributed by atoms with E-state index in [4.69, 9.17) is 4.74 Å². The Morgan fingerprint density at radius 3 is 2.65 bits per heavy atom. The second-order valence-corrected chi connectivity index (χ2v) is 5.85. The smallest absolute Gasteiger partial charge is 0.317 e. The molecular weight excluding hydrogens is 330 g/mol. The number of amides is 2. The maximum atomic E-state index is 12.3. The van der Waals surface area contributed by atoms with E-state index in [9.17, 15) is 4.79 Å². The van der Waals surface area contributed by atoms with Gasteiger partial charge in [0.15, 0.2) is 0 Å². The predicted molar refractivity (Wildman–Crippen MR) is 98.1 cm³/mol. The lowest BCUT2D eigenvalue weighted by Gasteiger charge is -2.17. The van der Waals surface area contributed by atoms with Gasteiger partial charge in [-0.25, -0.2) is 14.5 Å². The highest BCUT2D eigenvalue weighted by Gasteiger charge is 2.10. The van der Waals surface area contributed by atoms with Crippen molar-refractivity contribution in [1.29, 1.82) is 0 Å². The Balaban J connectivity index is 1.53. The Bertz CT molecular complexity index is 846. The molecule has 0 aliphatic carbocycles. The van der Waals surface area contributed by atoms with Crippen molar-refractivity contribution in [3.8, 4) is 11.6 Å². The zero-order chi connectivity index (χ0) is 18.4. The lowest BCUT2D eigenvalue weighted by Crippen LogP contribution is -2.36. The quantitative estimate of drug-likeness (QED) is 0.741. The minimum absolute atomic E-state index is 0.159. The molecule has 3 aromatic rings. The molecule has 0 aliphatic rings. The highest BCUT2D eigenvalue weighted by atomic mass is 16.5. The summed E-state index contributed by atoms with van der Waals surface area (Å²) in [4.78, 5) is 18.0. The molecule has 0 aliphatic heterocycles. The summed E-state index contributed by atoms with van der Waals surface area (Å²) in [6, 6.07) is 13.3. The molecule has 1 aromatic carbocycles. The molecule has 134 valence electrons. The first-order valence-electron chi connectivity index (χ1n) is 8.22. The largest absolute Gasteiger partial charge is 0.481 e. The molecule has 2 amide bonds. The average Bonchev–Trinajstić information content (AvgIpc) is 3.15. The summed E-state index contributed by atoms with van der Waals surface area (Å²) in [5.41, 5.74) is 2.85. The summed E-state index contributed by atoms with van der Waals surface area (Å²) in [6.45, 7) is 0.878. The first kappa shape index (κ1) is 17.5. The van der Waals surface area contributed by atoms with Gasteiger partial charge in [-0.3, -0.25) is 0 Å². The highest BCUT2D eigenvalue weighted by Crippen LogP contribution is 2.10. The van der Waals surface area contributed by atoms with Crippen molar-refractivity contribution in [2.24, 2.45) is 0 Å².